The van der Waals surface area contributed by atoms with Gasteiger partial charge in [0, 0.05) is 13.2 Å². The zero-order valence-corrected chi connectivity index (χ0v) is 28.2. The molecule has 9 nitrogen and oxygen atoms in total. The predicted octanol–water partition coefficient (Wildman–Crippen LogP) is 7.13. The van der Waals surface area contributed by atoms with Gasteiger partial charge in [0.25, 0.3) is 5.56 Å². The minimum atomic E-state index is -1.59. The second-order valence-corrected chi connectivity index (χ2v) is 13.5. The van der Waals surface area contributed by atoms with Gasteiger partial charge in [0.15, 0.2) is 11.2 Å². The van der Waals surface area contributed by atoms with Crippen LogP contribution in [0.25, 0.3) is 11.2 Å². The summed E-state index contributed by atoms with van der Waals surface area (Å²) in [5.41, 5.74) is 7.35. The van der Waals surface area contributed by atoms with Crippen LogP contribution in [0, 0.1) is 0 Å². The molecule has 250 valence electrons. The second-order valence-electron chi connectivity index (χ2n) is 12.0. The predicted molar refractivity (Wildman–Crippen MR) is 186 cm³/mol. The SMILES string of the molecule is Nc1nc2c(ncn2CCOC=[P+]([O-])CCOCCCCCCCCCCCCCCCCCCCc2ccccc2)c(=O)[nH]1. The summed E-state index contributed by atoms with van der Waals surface area (Å²) in [6, 6.07) is 10.9. The van der Waals surface area contributed by atoms with Gasteiger partial charge in [-0.1, -0.05) is 127 Å². The van der Waals surface area contributed by atoms with Crippen molar-refractivity contribution in [2.45, 2.75) is 122 Å². The number of anilines is 1. The van der Waals surface area contributed by atoms with Gasteiger partial charge >= 0.3 is 0 Å². The lowest BCUT2D eigenvalue weighted by atomic mass is 10.0. The molecule has 2 heterocycles. The van der Waals surface area contributed by atoms with Crippen LogP contribution in [-0.4, -0.2) is 51.5 Å². The van der Waals surface area contributed by atoms with E-state index in [1.165, 1.54) is 127 Å². The Hall–Kier alpha value is -2.58. The van der Waals surface area contributed by atoms with Crippen molar-refractivity contribution in [3.8, 4) is 0 Å². The molecular formula is C35H56N5O4P. The van der Waals surface area contributed by atoms with E-state index in [0.29, 0.717) is 31.6 Å². The summed E-state index contributed by atoms with van der Waals surface area (Å²) in [6.45, 7) is 1.90. The second kappa shape index (κ2) is 23.7. The monoisotopic (exact) mass is 641 g/mol. The average molecular weight is 642 g/mol. The van der Waals surface area contributed by atoms with Gasteiger partial charge in [-0.15, -0.1) is 0 Å². The number of nitrogen functional groups attached to an aromatic ring is 1. The minimum Gasteiger partial charge on any atom is -0.629 e. The van der Waals surface area contributed by atoms with Crippen molar-refractivity contribution >= 4 is 30.9 Å². The minimum absolute atomic E-state index is 0.0404. The third kappa shape index (κ3) is 16.5. The van der Waals surface area contributed by atoms with Crippen LogP contribution in [0.4, 0.5) is 5.95 Å². The van der Waals surface area contributed by atoms with E-state index in [1.54, 1.807) is 4.57 Å². The molecule has 10 heteroatoms. The fourth-order valence-corrected chi connectivity index (χ4v) is 6.25. The summed E-state index contributed by atoms with van der Waals surface area (Å²) in [7, 11) is -1.59. The van der Waals surface area contributed by atoms with Crippen LogP contribution in [0.5, 0.6) is 0 Å². The van der Waals surface area contributed by atoms with Crippen LogP contribution in [0.1, 0.15) is 115 Å². The third-order valence-electron chi connectivity index (χ3n) is 8.19. The zero-order chi connectivity index (χ0) is 31.8. The third-order valence-corrected chi connectivity index (χ3v) is 9.20. The molecule has 1 aromatic carbocycles. The Labute approximate surface area is 270 Å². The van der Waals surface area contributed by atoms with Crippen LogP contribution in [0.15, 0.2) is 41.5 Å². The van der Waals surface area contributed by atoms with Crippen LogP contribution in [0.3, 0.4) is 0 Å². The number of nitrogens with two attached hydrogens (primary N) is 1. The first kappa shape index (κ1) is 36.9. The Morgan fingerprint density at radius 2 is 1.38 bits per heavy atom. The Morgan fingerprint density at radius 1 is 0.800 bits per heavy atom. The van der Waals surface area contributed by atoms with E-state index < -0.39 is 7.77 Å². The van der Waals surface area contributed by atoms with Crippen molar-refractivity contribution in [1.29, 1.82) is 0 Å². The van der Waals surface area contributed by atoms with Gasteiger partial charge < -0.3 is 24.7 Å². The number of aryl methyl sites for hydroxylation is 1. The van der Waals surface area contributed by atoms with E-state index in [4.69, 9.17) is 15.2 Å². The number of aromatic amines is 1. The number of unbranched alkanes of at least 4 members (excludes halogenated alkanes) is 16. The number of nitrogens with zero attached hydrogens (tertiary/aromatic N) is 3. The number of ether oxygens (including phenoxy) is 2. The Bertz CT molecular complexity index is 1260. The van der Waals surface area contributed by atoms with Crippen molar-refractivity contribution in [2.75, 3.05) is 31.7 Å². The molecule has 1 atom stereocenters. The first-order valence-electron chi connectivity index (χ1n) is 17.3. The highest BCUT2D eigenvalue weighted by Gasteiger charge is 2.09. The van der Waals surface area contributed by atoms with E-state index in [0.717, 1.165) is 13.0 Å². The van der Waals surface area contributed by atoms with Gasteiger partial charge in [0.05, 0.1) is 27.3 Å². The van der Waals surface area contributed by atoms with Crippen LogP contribution >= 0.6 is 7.77 Å². The number of hydrogen-bond acceptors (Lipinski definition) is 7. The Balaban J connectivity index is 1.00. The topological polar surface area (TPSA) is 131 Å². The molecule has 3 aromatic rings. The molecule has 3 N–H and O–H groups in total. The van der Waals surface area contributed by atoms with Crippen molar-refractivity contribution in [1.82, 2.24) is 19.5 Å². The summed E-state index contributed by atoms with van der Waals surface area (Å²) in [5.74, 6) is 1.42. The molecule has 0 aliphatic rings. The summed E-state index contributed by atoms with van der Waals surface area (Å²) >= 11 is 0. The molecule has 45 heavy (non-hydrogen) atoms. The van der Waals surface area contributed by atoms with Crippen LogP contribution in [0.2, 0.25) is 0 Å². The van der Waals surface area contributed by atoms with Gasteiger partial charge in [-0.05, 0) is 24.8 Å². The average Bonchev–Trinajstić information content (AvgIpc) is 3.45. The summed E-state index contributed by atoms with van der Waals surface area (Å²) in [4.78, 5) is 34.6. The van der Waals surface area contributed by atoms with Crippen molar-refractivity contribution in [3.05, 3.63) is 52.6 Å². The number of hydrogen-bond donors (Lipinski definition) is 2. The van der Waals surface area contributed by atoms with Gasteiger partial charge in [0.1, 0.15) is 6.16 Å². The standard InChI is InChI=1S/C35H56N5O4P/c36-35-38-33-32(34(41)39-35)37-29-40(33)24-26-44-30-45(42)28-27-43-25-20-15-13-11-9-7-5-3-1-2-4-6-8-10-12-14-17-21-31-22-18-16-19-23-31/h16,18-19,22-23,29-30H,1-15,17,20-21,24-28H2,(H3,36,38,39,41). The number of benzene rings is 1. The lowest BCUT2D eigenvalue weighted by Gasteiger charge is -2.05. The first-order valence-corrected chi connectivity index (χ1v) is 18.9. The number of nitrogens with one attached hydrogen (secondary N) is 1. The normalized spacial score (nSPS) is 12.0. The number of rotatable bonds is 27. The maximum Gasteiger partial charge on any atom is 0.280 e. The van der Waals surface area contributed by atoms with Crippen LogP contribution < -0.4 is 16.2 Å². The highest BCUT2D eigenvalue weighted by atomic mass is 31.1. The molecule has 0 fully saturated rings. The van der Waals surface area contributed by atoms with E-state index in [9.17, 15) is 9.69 Å². The Kier molecular flexibility index (Phi) is 19.4. The quantitative estimate of drug-likeness (QED) is 0.0669. The molecule has 1 unspecified atom stereocenters. The number of imidazole rings is 1. The van der Waals surface area contributed by atoms with Gasteiger partial charge in [-0.25, -0.2) is 4.98 Å². The van der Waals surface area contributed by atoms with Crippen molar-refractivity contribution in [3.63, 3.8) is 0 Å². The molecule has 0 saturated heterocycles. The molecule has 0 spiro atoms. The van der Waals surface area contributed by atoms with Gasteiger partial charge in [-0.2, -0.15) is 4.98 Å². The zero-order valence-electron chi connectivity index (χ0n) is 27.3. The maximum absolute atomic E-state index is 12.1. The van der Waals surface area contributed by atoms with E-state index in [2.05, 4.69) is 45.3 Å². The molecule has 3 rings (SSSR count). The van der Waals surface area contributed by atoms with Gasteiger partial charge in [-0.3, -0.25) is 9.78 Å². The fourth-order valence-electron chi connectivity index (χ4n) is 5.56. The highest BCUT2D eigenvalue weighted by Crippen LogP contribution is 2.15. The van der Waals surface area contributed by atoms with Crippen molar-refractivity contribution < 1.29 is 14.4 Å². The molecule has 0 radical (unpaired) electrons. The number of aromatic nitrogens is 4. The molecule has 2 aromatic heterocycles. The molecule has 0 saturated carbocycles. The van der Waals surface area contributed by atoms with Crippen molar-refractivity contribution in [2.24, 2.45) is 0 Å². The fraction of sp³-hybridized carbons (Fsp3) is 0.657. The first-order chi connectivity index (χ1) is 22.1. The molecule has 0 aliphatic heterocycles. The summed E-state index contributed by atoms with van der Waals surface area (Å²) in [5, 5.41) is 0. The number of fused-ring (bicyclic) bond motifs is 1. The summed E-state index contributed by atoms with van der Waals surface area (Å²) in [6.07, 6.45) is 26.1. The lowest BCUT2D eigenvalue weighted by molar-refractivity contribution is -0.153. The number of H-pyrrole nitrogens is 1. The molecule has 0 bridgehead atoms. The van der Waals surface area contributed by atoms with E-state index in [-0.39, 0.29) is 17.0 Å². The molecule has 0 aliphatic carbocycles. The maximum atomic E-state index is 12.1. The molecular weight excluding hydrogens is 585 g/mol. The van der Waals surface area contributed by atoms with E-state index >= 15 is 0 Å². The Morgan fingerprint density at radius 3 is 2.00 bits per heavy atom. The van der Waals surface area contributed by atoms with Gasteiger partial charge in [0.2, 0.25) is 11.9 Å². The lowest BCUT2D eigenvalue weighted by Crippen LogP contribution is -2.13. The highest BCUT2D eigenvalue weighted by molar-refractivity contribution is 7.49. The molecule has 0 amide bonds. The largest absolute Gasteiger partial charge is 0.629 e. The van der Waals surface area contributed by atoms with Crippen LogP contribution in [-0.2, 0) is 22.4 Å². The van der Waals surface area contributed by atoms with E-state index in [1.807, 2.05) is 0 Å². The smallest absolute Gasteiger partial charge is 0.280 e. The summed E-state index contributed by atoms with van der Waals surface area (Å²) < 4.78 is 12.8.